The summed E-state index contributed by atoms with van der Waals surface area (Å²) < 4.78 is 0. The van der Waals surface area contributed by atoms with Gasteiger partial charge in [0.15, 0.2) is 0 Å². The number of piperidine rings is 1. The summed E-state index contributed by atoms with van der Waals surface area (Å²) in [5, 5.41) is 12.1. The van der Waals surface area contributed by atoms with Gasteiger partial charge in [-0.15, -0.1) is 0 Å². The summed E-state index contributed by atoms with van der Waals surface area (Å²) in [4.78, 5) is 25.6. The molecule has 3 N–H and O–H groups in total. The van der Waals surface area contributed by atoms with Gasteiger partial charge in [0.2, 0.25) is 11.8 Å². The predicted octanol–water partition coefficient (Wildman–Crippen LogP) is 2.92. The van der Waals surface area contributed by atoms with Gasteiger partial charge in [-0.1, -0.05) is 56.3 Å². The molecule has 154 valence electrons. The van der Waals surface area contributed by atoms with Crippen molar-refractivity contribution in [3.8, 4) is 0 Å². The molecular formula is C24H31N3O2. The minimum Gasteiger partial charge on any atom is -0.351 e. The van der Waals surface area contributed by atoms with Crippen molar-refractivity contribution < 1.29 is 9.59 Å². The maximum absolute atomic E-state index is 12.9. The molecule has 5 heteroatoms. The first-order valence-electron chi connectivity index (χ1n) is 10.8. The van der Waals surface area contributed by atoms with Gasteiger partial charge in [0.05, 0.1) is 6.42 Å². The zero-order chi connectivity index (χ0) is 20.4. The van der Waals surface area contributed by atoms with Gasteiger partial charge < -0.3 is 16.0 Å². The third-order valence-corrected chi connectivity index (χ3v) is 6.26. The number of benzene rings is 2. The molecule has 4 rings (SSSR count). The van der Waals surface area contributed by atoms with E-state index < -0.39 is 6.04 Å². The molecule has 29 heavy (non-hydrogen) atoms. The largest absolute Gasteiger partial charge is 0.351 e. The first-order valence-corrected chi connectivity index (χ1v) is 10.8. The average Bonchev–Trinajstić information content (AvgIpc) is 3.04. The highest BCUT2D eigenvalue weighted by Gasteiger charge is 2.35. The predicted molar refractivity (Wildman–Crippen MR) is 116 cm³/mol. The zero-order valence-corrected chi connectivity index (χ0v) is 17.3. The van der Waals surface area contributed by atoms with E-state index in [4.69, 9.17) is 0 Å². The minimum absolute atomic E-state index is 0.0361. The molecule has 2 heterocycles. The lowest BCUT2D eigenvalue weighted by Gasteiger charge is -2.31. The van der Waals surface area contributed by atoms with E-state index in [9.17, 15) is 9.59 Å². The molecule has 2 aromatic carbocycles. The Bertz CT molecular complexity index is 883. The number of rotatable bonds is 6. The van der Waals surface area contributed by atoms with Crippen molar-refractivity contribution in [1.82, 2.24) is 16.0 Å². The van der Waals surface area contributed by atoms with E-state index >= 15 is 0 Å². The lowest BCUT2D eigenvalue weighted by Crippen LogP contribution is -2.55. The summed E-state index contributed by atoms with van der Waals surface area (Å²) in [6.45, 7) is 3.96. The van der Waals surface area contributed by atoms with Crippen LogP contribution in [0.15, 0.2) is 42.5 Å². The second-order valence-corrected chi connectivity index (χ2v) is 8.96. The van der Waals surface area contributed by atoms with Crippen LogP contribution in [0.4, 0.5) is 0 Å². The van der Waals surface area contributed by atoms with E-state index in [1.54, 1.807) is 0 Å². The van der Waals surface area contributed by atoms with Crippen molar-refractivity contribution in [2.24, 2.45) is 5.92 Å². The third kappa shape index (κ3) is 4.78. The molecule has 0 spiro atoms. The smallest absolute Gasteiger partial charge is 0.243 e. The standard InChI is InChI=1S/C24H31N3O2/c1-15(2)23(24(29)26-21-13-19-9-10-20(14-21)25-19)27-22(28)12-16-7-8-17-5-3-4-6-18(17)11-16/h3-8,11,15,19-21,23,25H,9-10,12-14H2,1-2H3,(H,26,29)(H,27,28). The van der Waals surface area contributed by atoms with Crippen LogP contribution in [0.25, 0.3) is 10.8 Å². The molecule has 2 amide bonds. The number of hydrogen-bond acceptors (Lipinski definition) is 3. The van der Waals surface area contributed by atoms with Crippen LogP contribution in [-0.2, 0) is 16.0 Å². The van der Waals surface area contributed by atoms with Crippen LogP contribution < -0.4 is 16.0 Å². The van der Waals surface area contributed by atoms with Crippen LogP contribution in [-0.4, -0.2) is 36.0 Å². The Morgan fingerprint density at radius 3 is 2.41 bits per heavy atom. The van der Waals surface area contributed by atoms with Crippen LogP contribution in [0.2, 0.25) is 0 Å². The number of nitrogens with one attached hydrogen (secondary N) is 3. The SMILES string of the molecule is CC(C)C(NC(=O)Cc1ccc2ccccc2c1)C(=O)NC1CC2CCC(C1)N2. The summed E-state index contributed by atoms with van der Waals surface area (Å²) in [6, 6.07) is 14.9. The summed E-state index contributed by atoms with van der Waals surface area (Å²) in [6.07, 6.45) is 4.65. The quantitative estimate of drug-likeness (QED) is 0.707. The van der Waals surface area contributed by atoms with Gasteiger partial charge in [-0.25, -0.2) is 0 Å². The van der Waals surface area contributed by atoms with Crippen molar-refractivity contribution in [1.29, 1.82) is 0 Å². The summed E-state index contributed by atoms with van der Waals surface area (Å²) in [7, 11) is 0. The molecule has 0 saturated carbocycles. The summed E-state index contributed by atoms with van der Waals surface area (Å²) >= 11 is 0. The van der Waals surface area contributed by atoms with Crippen molar-refractivity contribution in [2.45, 2.75) is 70.1 Å². The highest BCUT2D eigenvalue weighted by molar-refractivity contribution is 5.89. The van der Waals surface area contributed by atoms with Crippen molar-refractivity contribution >= 4 is 22.6 Å². The monoisotopic (exact) mass is 393 g/mol. The second kappa shape index (κ2) is 8.54. The molecule has 2 aliphatic rings. The Hall–Kier alpha value is -2.40. The molecular weight excluding hydrogens is 362 g/mol. The first-order chi connectivity index (χ1) is 14.0. The Morgan fingerprint density at radius 1 is 1.03 bits per heavy atom. The lowest BCUT2D eigenvalue weighted by molar-refractivity contribution is -0.130. The number of carbonyl (C=O) groups excluding carboxylic acids is 2. The summed E-state index contributed by atoms with van der Waals surface area (Å²) in [5.74, 6) is -0.133. The molecule has 2 aromatic rings. The van der Waals surface area contributed by atoms with Gasteiger partial charge in [0, 0.05) is 18.1 Å². The van der Waals surface area contributed by atoms with Crippen molar-refractivity contribution in [2.75, 3.05) is 0 Å². The normalized spacial score (nSPS) is 24.4. The van der Waals surface area contributed by atoms with E-state index in [0.717, 1.165) is 29.2 Å². The number of carbonyl (C=O) groups is 2. The first kappa shape index (κ1) is 19.9. The number of fused-ring (bicyclic) bond motifs is 3. The molecule has 3 atom stereocenters. The molecule has 2 aliphatic heterocycles. The van der Waals surface area contributed by atoms with Gasteiger partial charge in [-0.3, -0.25) is 9.59 Å². The molecule has 2 saturated heterocycles. The Morgan fingerprint density at radius 2 is 1.72 bits per heavy atom. The number of amides is 2. The molecule has 0 aromatic heterocycles. The topological polar surface area (TPSA) is 70.2 Å². The summed E-state index contributed by atoms with van der Waals surface area (Å²) in [5.41, 5.74) is 0.957. The van der Waals surface area contributed by atoms with E-state index in [0.29, 0.717) is 12.1 Å². The van der Waals surface area contributed by atoms with Gasteiger partial charge >= 0.3 is 0 Å². The second-order valence-electron chi connectivity index (χ2n) is 8.96. The van der Waals surface area contributed by atoms with E-state index in [2.05, 4.69) is 22.0 Å². The molecule has 2 fully saturated rings. The fourth-order valence-corrected chi connectivity index (χ4v) is 4.76. The maximum Gasteiger partial charge on any atom is 0.243 e. The molecule has 0 radical (unpaired) electrons. The van der Waals surface area contributed by atoms with E-state index in [1.807, 2.05) is 50.2 Å². The Balaban J connectivity index is 1.36. The zero-order valence-electron chi connectivity index (χ0n) is 17.3. The van der Waals surface area contributed by atoms with Crippen LogP contribution in [0.1, 0.15) is 45.1 Å². The van der Waals surface area contributed by atoms with E-state index in [1.165, 1.54) is 12.8 Å². The van der Waals surface area contributed by atoms with Crippen molar-refractivity contribution in [3.63, 3.8) is 0 Å². The average molecular weight is 394 g/mol. The minimum atomic E-state index is -0.504. The van der Waals surface area contributed by atoms with Gasteiger partial charge in [-0.05, 0) is 47.9 Å². The number of hydrogen-bond donors (Lipinski definition) is 3. The van der Waals surface area contributed by atoms with Crippen LogP contribution >= 0.6 is 0 Å². The van der Waals surface area contributed by atoms with Crippen molar-refractivity contribution in [3.05, 3.63) is 48.0 Å². The fourth-order valence-electron chi connectivity index (χ4n) is 4.76. The maximum atomic E-state index is 12.9. The fraction of sp³-hybridized carbons (Fsp3) is 0.500. The van der Waals surface area contributed by atoms with Gasteiger partial charge in [-0.2, -0.15) is 0 Å². The Kier molecular flexibility index (Phi) is 5.86. The molecule has 2 bridgehead atoms. The lowest BCUT2D eigenvalue weighted by atomic mass is 9.97. The van der Waals surface area contributed by atoms with Gasteiger partial charge in [0.1, 0.15) is 6.04 Å². The highest BCUT2D eigenvalue weighted by Crippen LogP contribution is 2.27. The van der Waals surface area contributed by atoms with E-state index in [-0.39, 0.29) is 30.2 Å². The third-order valence-electron chi connectivity index (χ3n) is 6.26. The molecule has 3 unspecified atom stereocenters. The molecule has 0 aliphatic carbocycles. The highest BCUT2D eigenvalue weighted by atomic mass is 16.2. The van der Waals surface area contributed by atoms with Crippen LogP contribution in [0, 0.1) is 5.92 Å². The van der Waals surface area contributed by atoms with Crippen LogP contribution in [0.5, 0.6) is 0 Å². The molecule has 5 nitrogen and oxygen atoms in total. The Labute approximate surface area is 172 Å². The van der Waals surface area contributed by atoms with Gasteiger partial charge in [0.25, 0.3) is 0 Å². The van der Waals surface area contributed by atoms with Crippen LogP contribution in [0.3, 0.4) is 0 Å².